The van der Waals surface area contributed by atoms with E-state index in [1.807, 2.05) is 16.8 Å². The molecule has 1 amide bonds. The zero-order valence-electron chi connectivity index (χ0n) is 13.4. The van der Waals surface area contributed by atoms with Gasteiger partial charge in [0.25, 0.3) is 0 Å². The molecule has 2 heterocycles. The van der Waals surface area contributed by atoms with Crippen LogP contribution in [0.3, 0.4) is 0 Å². The monoisotopic (exact) mass is 391 g/mol. The van der Waals surface area contributed by atoms with Gasteiger partial charge < -0.3 is 9.84 Å². The number of nitrogens with zero attached hydrogens (tertiary/aromatic N) is 2. The molecule has 0 spiro atoms. The lowest BCUT2D eigenvalue weighted by atomic mass is 10.3. The largest absolute Gasteiger partial charge is 0.339 e. The van der Waals surface area contributed by atoms with E-state index in [0.29, 0.717) is 11.7 Å². The third-order valence-electron chi connectivity index (χ3n) is 3.25. The predicted molar refractivity (Wildman–Crippen MR) is 99.8 cm³/mol. The van der Waals surface area contributed by atoms with Crippen LogP contribution >= 0.6 is 23.6 Å². The second kappa shape index (κ2) is 8.50. The van der Waals surface area contributed by atoms with Crippen LogP contribution in [-0.4, -0.2) is 21.2 Å². The molecule has 134 valence electrons. The van der Waals surface area contributed by atoms with Crippen molar-refractivity contribution in [1.29, 1.82) is 0 Å². The van der Waals surface area contributed by atoms with Crippen LogP contribution in [0.1, 0.15) is 12.3 Å². The quantitative estimate of drug-likeness (QED) is 0.455. The van der Waals surface area contributed by atoms with Gasteiger partial charge in [0.15, 0.2) is 5.11 Å². The molecule has 0 fully saturated rings. The average Bonchev–Trinajstić information content (AvgIpc) is 3.31. The first-order valence-electron chi connectivity index (χ1n) is 7.57. The Hall–Kier alpha value is -2.85. The number of halogens is 1. The van der Waals surface area contributed by atoms with Crippen molar-refractivity contribution in [3.63, 3.8) is 0 Å². The topological polar surface area (TPSA) is 92.1 Å². The molecule has 7 nitrogen and oxygen atoms in total. The minimum Gasteiger partial charge on any atom is -0.339 e. The predicted octanol–water partition coefficient (Wildman–Crippen LogP) is 2.89. The first-order chi connectivity index (χ1) is 12.6. The number of aromatic nitrogens is 2. The second-order valence-electron chi connectivity index (χ2n) is 5.13. The van der Waals surface area contributed by atoms with Gasteiger partial charge in [-0.3, -0.25) is 15.6 Å². The van der Waals surface area contributed by atoms with E-state index in [4.69, 9.17) is 16.7 Å². The molecule has 0 aliphatic heterocycles. The van der Waals surface area contributed by atoms with Gasteiger partial charge in [0, 0.05) is 23.8 Å². The summed E-state index contributed by atoms with van der Waals surface area (Å²) in [5.74, 6) is 0.0993. The van der Waals surface area contributed by atoms with Crippen molar-refractivity contribution in [3.05, 3.63) is 52.8 Å². The molecule has 0 saturated carbocycles. The molecule has 26 heavy (non-hydrogen) atoms. The van der Waals surface area contributed by atoms with E-state index in [9.17, 15) is 9.18 Å². The van der Waals surface area contributed by atoms with Crippen LogP contribution < -0.4 is 16.2 Å². The van der Waals surface area contributed by atoms with Crippen LogP contribution in [0.2, 0.25) is 0 Å². The first-order valence-corrected chi connectivity index (χ1v) is 8.92. The molecule has 0 aliphatic rings. The zero-order valence-corrected chi connectivity index (χ0v) is 15.0. The lowest BCUT2D eigenvalue weighted by molar-refractivity contribution is -0.121. The number of carbonyl (C=O) groups excluding carboxylic acids is 1. The molecule has 3 rings (SSSR count). The lowest BCUT2D eigenvalue weighted by Gasteiger charge is -2.11. The molecule has 0 bridgehead atoms. The molecule has 0 unspecified atom stereocenters. The number of nitrogens with one attached hydrogen (secondary N) is 3. The zero-order chi connectivity index (χ0) is 18.4. The lowest BCUT2D eigenvalue weighted by Crippen LogP contribution is -2.43. The Balaban J connectivity index is 1.42. The number of thiocarbonyl (C=S) groups is 1. The maximum atomic E-state index is 13.5. The standard InChI is InChI=1S/C16H14FN5O2S2/c17-11-3-1-2-4-12(11)18-16(25)21-20-13(23)5-6-14-19-15(22-24-14)10-7-8-26-9-10/h1-4,7-9H,5-6H2,(H,20,23)(H2,18,21,25). The fourth-order valence-electron chi connectivity index (χ4n) is 1.99. The summed E-state index contributed by atoms with van der Waals surface area (Å²) < 4.78 is 18.6. The minimum absolute atomic E-state index is 0.0704. The van der Waals surface area contributed by atoms with Gasteiger partial charge in [0.05, 0.1) is 5.69 Å². The number of aryl methyl sites for hydroxylation is 1. The summed E-state index contributed by atoms with van der Waals surface area (Å²) in [5, 5.41) is 10.4. The van der Waals surface area contributed by atoms with Crippen molar-refractivity contribution >= 4 is 40.3 Å². The molecule has 2 aromatic heterocycles. The van der Waals surface area contributed by atoms with E-state index in [2.05, 4.69) is 26.3 Å². The van der Waals surface area contributed by atoms with Crippen LogP contribution in [0, 0.1) is 5.82 Å². The molecule has 1 aromatic carbocycles. The van der Waals surface area contributed by atoms with Crippen LogP contribution in [0.25, 0.3) is 11.4 Å². The third-order valence-corrected chi connectivity index (χ3v) is 4.14. The number of hydrazine groups is 1. The van der Waals surface area contributed by atoms with E-state index in [0.717, 1.165) is 5.56 Å². The fraction of sp³-hybridized carbons (Fsp3) is 0.125. The van der Waals surface area contributed by atoms with Crippen LogP contribution in [0.5, 0.6) is 0 Å². The van der Waals surface area contributed by atoms with Gasteiger partial charge in [0.1, 0.15) is 5.82 Å². The number of hydrogen-bond acceptors (Lipinski definition) is 6. The number of amides is 1. The van der Waals surface area contributed by atoms with Gasteiger partial charge in [-0.1, -0.05) is 17.3 Å². The highest BCUT2D eigenvalue weighted by molar-refractivity contribution is 7.80. The number of rotatable bonds is 5. The van der Waals surface area contributed by atoms with Crippen molar-refractivity contribution in [3.8, 4) is 11.4 Å². The van der Waals surface area contributed by atoms with Crippen molar-refractivity contribution in [2.45, 2.75) is 12.8 Å². The Kier molecular flexibility index (Phi) is 5.87. The van der Waals surface area contributed by atoms with E-state index < -0.39 is 5.82 Å². The van der Waals surface area contributed by atoms with E-state index in [1.54, 1.807) is 12.1 Å². The first kappa shape index (κ1) is 18.0. The highest BCUT2D eigenvalue weighted by Gasteiger charge is 2.11. The smallest absolute Gasteiger partial charge is 0.238 e. The van der Waals surface area contributed by atoms with Gasteiger partial charge >= 0.3 is 0 Å². The highest BCUT2D eigenvalue weighted by Crippen LogP contribution is 2.19. The number of benzene rings is 1. The average molecular weight is 391 g/mol. The van der Waals surface area contributed by atoms with Gasteiger partial charge in [-0.2, -0.15) is 16.3 Å². The van der Waals surface area contributed by atoms with Crippen molar-refractivity contribution < 1.29 is 13.7 Å². The van der Waals surface area contributed by atoms with Crippen LogP contribution in [0.4, 0.5) is 10.1 Å². The summed E-state index contributed by atoms with van der Waals surface area (Å²) in [6.07, 6.45) is 0.415. The van der Waals surface area contributed by atoms with E-state index in [1.165, 1.54) is 23.5 Å². The summed E-state index contributed by atoms with van der Waals surface area (Å²) in [5.41, 5.74) is 6.02. The Bertz CT molecular complexity index is 898. The Morgan fingerprint density at radius 3 is 2.88 bits per heavy atom. The van der Waals surface area contributed by atoms with Gasteiger partial charge in [-0.25, -0.2) is 4.39 Å². The van der Waals surface area contributed by atoms with Gasteiger partial charge in [0.2, 0.25) is 17.6 Å². The van der Waals surface area contributed by atoms with Crippen molar-refractivity contribution in [1.82, 2.24) is 21.0 Å². The fourth-order valence-corrected chi connectivity index (χ4v) is 2.79. The molecule has 3 N–H and O–H groups in total. The van der Waals surface area contributed by atoms with Crippen LogP contribution in [0.15, 0.2) is 45.6 Å². The Morgan fingerprint density at radius 2 is 2.12 bits per heavy atom. The third kappa shape index (κ3) is 4.83. The highest BCUT2D eigenvalue weighted by atomic mass is 32.1. The van der Waals surface area contributed by atoms with Gasteiger partial charge in [-0.05, 0) is 35.8 Å². The normalized spacial score (nSPS) is 10.3. The minimum atomic E-state index is -0.444. The maximum absolute atomic E-state index is 13.5. The molecule has 3 aromatic rings. The molecule has 0 aliphatic carbocycles. The molecule has 10 heteroatoms. The van der Waals surface area contributed by atoms with Crippen LogP contribution in [-0.2, 0) is 11.2 Å². The SMILES string of the molecule is O=C(CCc1nc(-c2ccsc2)no1)NNC(=S)Nc1ccccc1F. The summed E-state index contributed by atoms with van der Waals surface area (Å²) in [4.78, 5) is 16.1. The second-order valence-corrected chi connectivity index (χ2v) is 6.32. The van der Waals surface area contributed by atoms with Crippen molar-refractivity contribution in [2.75, 3.05) is 5.32 Å². The summed E-state index contributed by atoms with van der Waals surface area (Å²) >= 11 is 6.53. The Morgan fingerprint density at radius 1 is 1.27 bits per heavy atom. The Labute approximate surface area is 157 Å². The number of para-hydroxylation sites is 1. The van der Waals surface area contributed by atoms with E-state index in [-0.39, 0.29) is 29.5 Å². The van der Waals surface area contributed by atoms with Crippen molar-refractivity contribution in [2.24, 2.45) is 0 Å². The number of anilines is 1. The molecular weight excluding hydrogens is 377 g/mol. The summed E-state index contributed by atoms with van der Waals surface area (Å²) in [6.45, 7) is 0. The number of carbonyl (C=O) groups is 1. The van der Waals surface area contributed by atoms with E-state index >= 15 is 0 Å². The molecule has 0 atom stereocenters. The maximum Gasteiger partial charge on any atom is 0.238 e. The number of hydrogen-bond donors (Lipinski definition) is 3. The molecule has 0 radical (unpaired) electrons. The molecule has 0 saturated heterocycles. The number of thiophene rings is 1. The summed E-state index contributed by atoms with van der Waals surface area (Å²) in [6, 6.07) is 7.96. The molecular formula is C16H14FN5O2S2. The summed E-state index contributed by atoms with van der Waals surface area (Å²) in [7, 11) is 0. The van der Waals surface area contributed by atoms with Gasteiger partial charge in [-0.15, -0.1) is 0 Å².